The first-order valence-electron chi connectivity index (χ1n) is 5.01. The van der Waals surface area contributed by atoms with E-state index in [9.17, 15) is 4.79 Å². The summed E-state index contributed by atoms with van der Waals surface area (Å²) in [5.41, 5.74) is 1.70. The molecular formula is C10H15N3O. The van der Waals surface area contributed by atoms with Gasteiger partial charge in [0.2, 0.25) is 0 Å². The molecule has 1 aliphatic rings. The number of nitrogens with zero attached hydrogens (tertiary/aromatic N) is 1. The Kier molecular flexibility index (Phi) is 2.63. The Labute approximate surface area is 82.8 Å². The minimum Gasteiger partial charge on any atom is -0.316 e. The molecule has 4 nitrogen and oxygen atoms in total. The van der Waals surface area contributed by atoms with Gasteiger partial charge in [0.1, 0.15) is 0 Å². The summed E-state index contributed by atoms with van der Waals surface area (Å²) in [6.07, 6.45) is 3.60. The van der Waals surface area contributed by atoms with Crippen molar-refractivity contribution in [2.75, 3.05) is 13.1 Å². The van der Waals surface area contributed by atoms with Crippen LogP contribution < -0.4 is 10.9 Å². The number of H-pyrrole nitrogens is 1. The van der Waals surface area contributed by atoms with Gasteiger partial charge in [-0.2, -0.15) is 0 Å². The molecule has 1 atom stereocenters. The number of aromatic nitrogens is 2. The summed E-state index contributed by atoms with van der Waals surface area (Å²) in [6, 6.07) is 0. The van der Waals surface area contributed by atoms with Gasteiger partial charge in [-0.15, -0.1) is 0 Å². The van der Waals surface area contributed by atoms with E-state index in [4.69, 9.17) is 0 Å². The normalized spacial score (nSPS) is 21.4. The quantitative estimate of drug-likeness (QED) is 0.707. The van der Waals surface area contributed by atoms with Gasteiger partial charge in [-0.05, 0) is 38.8 Å². The first-order valence-corrected chi connectivity index (χ1v) is 5.01. The molecule has 4 heteroatoms. The van der Waals surface area contributed by atoms with Gasteiger partial charge in [0.15, 0.2) is 0 Å². The first kappa shape index (κ1) is 9.40. The average Bonchev–Trinajstić information content (AvgIpc) is 2.66. The van der Waals surface area contributed by atoms with Crippen LogP contribution in [0.3, 0.4) is 0 Å². The van der Waals surface area contributed by atoms with E-state index >= 15 is 0 Å². The highest BCUT2D eigenvalue weighted by molar-refractivity contribution is 5.14. The molecule has 2 heterocycles. The molecule has 0 aromatic carbocycles. The van der Waals surface area contributed by atoms with Gasteiger partial charge in [-0.1, -0.05) is 0 Å². The highest BCUT2D eigenvalue weighted by Crippen LogP contribution is 2.13. The number of rotatable bonds is 2. The molecule has 0 radical (unpaired) electrons. The molecule has 0 amide bonds. The predicted octanol–water partition coefficient (Wildman–Crippen LogP) is 0.230. The Morgan fingerprint density at radius 1 is 1.64 bits per heavy atom. The smallest absolute Gasteiger partial charge is 0.253 e. The van der Waals surface area contributed by atoms with E-state index in [0.29, 0.717) is 5.92 Å². The first-order chi connectivity index (χ1) is 6.77. The number of hydrogen-bond acceptors (Lipinski definition) is 3. The van der Waals surface area contributed by atoms with Crippen molar-refractivity contribution in [2.45, 2.75) is 19.8 Å². The molecule has 1 unspecified atom stereocenters. The van der Waals surface area contributed by atoms with Crippen LogP contribution in [-0.2, 0) is 6.42 Å². The molecule has 0 spiro atoms. The van der Waals surface area contributed by atoms with Crippen LogP contribution in [0.4, 0.5) is 0 Å². The van der Waals surface area contributed by atoms with Gasteiger partial charge >= 0.3 is 0 Å². The fraction of sp³-hybridized carbons (Fsp3) is 0.600. The molecule has 1 fully saturated rings. The fourth-order valence-electron chi connectivity index (χ4n) is 1.87. The van der Waals surface area contributed by atoms with Crippen molar-refractivity contribution in [1.29, 1.82) is 0 Å². The van der Waals surface area contributed by atoms with E-state index in [1.807, 2.05) is 6.92 Å². The molecule has 0 bridgehead atoms. The summed E-state index contributed by atoms with van der Waals surface area (Å²) in [4.78, 5) is 18.1. The lowest BCUT2D eigenvalue weighted by molar-refractivity contribution is 0.568. The molecule has 1 aliphatic heterocycles. The summed E-state index contributed by atoms with van der Waals surface area (Å²) in [5, 5.41) is 3.31. The van der Waals surface area contributed by atoms with Crippen molar-refractivity contribution in [2.24, 2.45) is 5.92 Å². The van der Waals surface area contributed by atoms with Gasteiger partial charge in [-0.25, -0.2) is 4.98 Å². The fourth-order valence-corrected chi connectivity index (χ4v) is 1.87. The van der Waals surface area contributed by atoms with Crippen LogP contribution in [0.1, 0.15) is 17.7 Å². The molecule has 0 aliphatic carbocycles. The number of hydrogen-bond donors (Lipinski definition) is 2. The number of nitrogens with one attached hydrogen (secondary N) is 2. The molecule has 0 saturated carbocycles. The molecule has 14 heavy (non-hydrogen) atoms. The van der Waals surface area contributed by atoms with E-state index in [1.54, 1.807) is 0 Å². The summed E-state index contributed by atoms with van der Waals surface area (Å²) in [7, 11) is 0. The van der Waals surface area contributed by atoms with Crippen molar-refractivity contribution in [1.82, 2.24) is 15.3 Å². The van der Waals surface area contributed by atoms with Gasteiger partial charge in [0.05, 0.1) is 12.0 Å². The van der Waals surface area contributed by atoms with Crippen LogP contribution >= 0.6 is 0 Å². The minimum atomic E-state index is -0.0130. The largest absolute Gasteiger partial charge is 0.316 e. The lowest BCUT2D eigenvalue weighted by Crippen LogP contribution is -2.17. The van der Waals surface area contributed by atoms with Crippen LogP contribution in [0, 0.1) is 12.8 Å². The third-order valence-electron chi connectivity index (χ3n) is 2.83. The van der Waals surface area contributed by atoms with E-state index in [0.717, 1.165) is 30.8 Å². The maximum Gasteiger partial charge on any atom is 0.253 e. The van der Waals surface area contributed by atoms with Gasteiger partial charge in [0, 0.05) is 5.56 Å². The molecular weight excluding hydrogens is 178 g/mol. The predicted molar refractivity (Wildman–Crippen MR) is 54.3 cm³/mol. The summed E-state index contributed by atoms with van der Waals surface area (Å²) >= 11 is 0. The Bertz CT molecular complexity index is 366. The second kappa shape index (κ2) is 3.92. The highest BCUT2D eigenvalue weighted by Gasteiger charge is 2.16. The van der Waals surface area contributed by atoms with Crippen molar-refractivity contribution in [3.05, 3.63) is 27.9 Å². The van der Waals surface area contributed by atoms with E-state index in [-0.39, 0.29) is 5.56 Å². The summed E-state index contributed by atoms with van der Waals surface area (Å²) in [5.74, 6) is 0.642. The summed E-state index contributed by atoms with van der Waals surface area (Å²) in [6.45, 7) is 3.98. The average molecular weight is 193 g/mol. The maximum atomic E-state index is 11.3. The van der Waals surface area contributed by atoms with Crippen LogP contribution in [0.5, 0.6) is 0 Å². The lowest BCUT2D eigenvalue weighted by atomic mass is 10.0. The van der Waals surface area contributed by atoms with Crippen molar-refractivity contribution in [3.8, 4) is 0 Å². The van der Waals surface area contributed by atoms with Gasteiger partial charge in [0.25, 0.3) is 5.56 Å². The molecule has 1 aromatic rings. The molecule has 2 N–H and O–H groups in total. The Balaban J connectivity index is 2.15. The van der Waals surface area contributed by atoms with Gasteiger partial charge < -0.3 is 10.3 Å². The zero-order valence-corrected chi connectivity index (χ0v) is 8.34. The molecule has 76 valence electrons. The number of aromatic amines is 1. The standard InChI is InChI=1S/C10H15N3O/c1-7-9(12-6-13-10(7)14)4-8-2-3-11-5-8/h6,8,11H,2-5H2,1H3,(H,12,13,14). The van der Waals surface area contributed by atoms with Crippen molar-refractivity contribution < 1.29 is 0 Å². The SMILES string of the molecule is Cc1c(CC2CCNC2)nc[nH]c1=O. The topological polar surface area (TPSA) is 57.8 Å². The molecule has 2 rings (SSSR count). The Morgan fingerprint density at radius 3 is 3.21 bits per heavy atom. The van der Waals surface area contributed by atoms with E-state index in [2.05, 4.69) is 15.3 Å². The summed E-state index contributed by atoms with van der Waals surface area (Å²) < 4.78 is 0. The monoisotopic (exact) mass is 193 g/mol. The van der Waals surface area contributed by atoms with Crippen LogP contribution in [-0.4, -0.2) is 23.1 Å². The molecule has 1 aromatic heterocycles. The second-order valence-electron chi connectivity index (χ2n) is 3.87. The minimum absolute atomic E-state index is 0.0130. The van der Waals surface area contributed by atoms with E-state index in [1.165, 1.54) is 12.7 Å². The van der Waals surface area contributed by atoms with Gasteiger partial charge in [-0.3, -0.25) is 4.79 Å². The van der Waals surface area contributed by atoms with E-state index < -0.39 is 0 Å². The van der Waals surface area contributed by atoms with Crippen molar-refractivity contribution in [3.63, 3.8) is 0 Å². The highest BCUT2D eigenvalue weighted by atomic mass is 16.1. The maximum absolute atomic E-state index is 11.3. The second-order valence-corrected chi connectivity index (χ2v) is 3.87. The van der Waals surface area contributed by atoms with Crippen LogP contribution in [0.25, 0.3) is 0 Å². The van der Waals surface area contributed by atoms with Crippen LogP contribution in [0.15, 0.2) is 11.1 Å². The zero-order chi connectivity index (χ0) is 9.97. The Hall–Kier alpha value is -1.16. The third kappa shape index (κ3) is 1.85. The van der Waals surface area contributed by atoms with Crippen molar-refractivity contribution >= 4 is 0 Å². The zero-order valence-electron chi connectivity index (χ0n) is 8.34. The molecule has 1 saturated heterocycles. The third-order valence-corrected chi connectivity index (χ3v) is 2.83. The Morgan fingerprint density at radius 2 is 2.50 bits per heavy atom. The van der Waals surface area contributed by atoms with Crippen LogP contribution in [0.2, 0.25) is 0 Å². The lowest BCUT2D eigenvalue weighted by Gasteiger charge is -2.08.